The van der Waals surface area contributed by atoms with Gasteiger partial charge in [-0.15, -0.1) is 0 Å². The minimum atomic E-state index is -0.422. The molecule has 1 fully saturated rings. The van der Waals surface area contributed by atoms with E-state index in [2.05, 4.69) is 32.0 Å². The van der Waals surface area contributed by atoms with Crippen LogP contribution in [0.2, 0.25) is 0 Å². The van der Waals surface area contributed by atoms with Crippen molar-refractivity contribution >= 4 is 23.9 Å². The predicted molar refractivity (Wildman–Crippen MR) is 129 cm³/mol. The summed E-state index contributed by atoms with van der Waals surface area (Å²) in [5, 5.41) is 3.12. The maximum absolute atomic E-state index is 13.1. The van der Waals surface area contributed by atoms with Crippen LogP contribution in [0.3, 0.4) is 0 Å². The van der Waals surface area contributed by atoms with Gasteiger partial charge >= 0.3 is 5.97 Å². The monoisotopic (exact) mass is 451 g/mol. The second-order valence-corrected chi connectivity index (χ2v) is 8.05. The lowest BCUT2D eigenvalue weighted by atomic mass is 10.1. The molecule has 33 heavy (non-hydrogen) atoms. The summed E-state index contributed by atoms with van der Waals surface area (Å²) >= 11 is 0. The first kappa shape index (κ1) is 24.4. The second-order valence-electron chi connectivity index (χ2n) is 8.05. The van der Waals surface area contributed by atoms with Crippen LogP contribution in [0.15, 0.2) is 48.8 Å². The zero-order valence-corrected chi connectivity index (χ0v) is 19.6. The average molecular weight is 452 g/mol. The molecule has 2 atom stereocenters. The van der Waals surface area contributed by atoms with Gasteiger partial charge in [0, 0.05) is 44.6 Å². The summed E-state index contributed by atoms with van der Waals surface area (Å²) in [5.41, 5.74) is 1.40. The van der Waals surface area contributed by atoms with Gasteiger partial charge in [-0.05, 0) is 25.8 Å². The van der Waals surface area contributed by atoms with Gasteiger partial charge in [0.05, 0.1) is 12.2 Å². The first-order chi connectivity index (χ1) is 16.0. The minimum absolute atomic E-state index is 0.0139. The van der Waals surface area contributed by atoms with Crippen molar-refractivity contribution in [3.05, 3.63) is 59.9 Å². The molecule has 0 aliphatic carbocycles. The molecule has 1 aliphatic rings. The largest absolute Gasteiger partial charge is 0.462 e. The summed E-state index contributed by atoms with van der Waals surface area (Å²) in [6.45, 7) is 8.92. The van der Waals surface area contributed by atoms with Gasteiger partial charge in [0.2, 0.25) is 11.9 Å². The molecule has 0 bridgehead atoms. The molecule has 3 rings (SSSR count). The molecule has 0 spiro atoms. The van der Waals surface area contributed by atoms with Crippen molar-refractivity contribution in [3.8, 4) is 0 Å². The number of esters is 1. The molecule has 1 saturated heterocycles. The number of ether oxygens (including phenoxy) is 1. The van der Waals surface area contributed by atoms with Gasteiger partial charge in [-0.2, -0.15) is 0 Å². The molecular formula is C25H33N5O3. The van der Waals surface area contributed by atoms with E-state index in [-0.39, 0.29) is 18.0 Å². The maximum atomic E-state index is 13.1. The second kappa shape index (κ2) is 12.1. The highest BCUT2D eigenvalue weighted by molar-refractivity contribution is 5.88. The Kier molecular flexibility index (Phi) is 8.95. The Morgan fingerprint density at radius 1 is 1.09 bits per heavy atom. The van der Waals surface area contributed by atoms with E-state index in [1.165, 1.54) is 12.4 Å². The number of aromatic nitrogens is 2. The van der Waals surface area contributed by atoms with Crippen LogP contribution in [0.4, 0.5) is 5.95 Å². The molecule has 2 heterocycles. The van der Waals surface area contributed by atoms with Gasteiger partial charge in [-0.25, -0.2) is 14.8 Å². The summed E-state index contributed by atoms with van der Waals surface area (Å²) in [5.74, 6) is 0.164. The fourth-order valence-corrected chi connectivity index (χ4v) is 3.58. The van der Waals surface area contributed by atoms with Gasteiger partial charge < -0.3 is 15.0 Å². The molecule has 0 radical (unpaired) electrons. The summed E-state index contributed by atoms with van der Waals surface area (Å²) < 4.78 is 4.98. The lowest BCUT2D eigenvalue weighted by Gasteiger charge is -2.38. The number of carbonyl (C=O) groups excluding carboxylic acids is 2. The first-order valence-electron chi connectivity index (χ1n) is 11.5. The third-order valence-corrected chi connectivity index (χ3v) is 5.68. The predicted octanol–water partition coefficient (Wildman–Crippen LogP) is 2.77. The molecule has 8 nitrogen and oxygen atoms in total. The van der Waals surface area contributed by atoms with Crippen molar-refractivity contribution in [2.24, 2.45) is 0 Å². The molecule has 1 N–H and O–H groups in total. The number of hydrogen-bond acceptors (Lipinski definition) is 7. The van der Waals surface area contributed by atoms with Crippen LogP contribution in [0.5, 0.6) is 0 Å². The number of nitrogens with zero attached hydrogens (tertiary/aromatic N) is 4. The highest BCUT2D eigenvalue weighted by atomic mass is 16.5. The lowest BCUT2D eigenvalue weighted by molar-refractivity contribution is -0.125. The van der Waals surface area contributed by atoms with Crippen molar-refractivity contribution in [3.63, 3.8) is 0 Å². The highest BCUT2D eigenvalue weighted by Gasteiger charge is 2.28. The average Bonchev–Trinajstić information content (AvgIpc) is 2.85. The van der Waals surface area contributed by atoms with Crippen molar-refractivity contribution in [2.45, 2.75) is 39.3 Å². The van der Waals surface area contributed by atoms with Crippen LogP contribution in [-0.4, -0.2) is 71.6 Å². The van der Waals surface area contributed by atoms with Gasteiger partial charge in [0.25, 0.3) is 0 Å². The van der Waals surface area contributed by atoms with E-state index < -0.39 is 5.97 Å². The Labute approximate surface area is 195 Å². The van der Waals surface area contributed by atoms with Crippen LogP contribution in [-0.2, 0) is 9.53 Å². The van der Waals surface area contributed by atoms with E-state index in [4.69, 9.17) is 4.74 Å². The number of piperazine rings is 1. The normalized spacial score (nSPS) is 16.4. The number of amides is 1. The Bertz CT molecular complexity index is 925. The Morgan fingerprint density at radius 2 is 1.76 bits per heavy atom. The van der Waals surface area contributed by atoms with Gasteiger partial charge in [-0.3, -0.25) is 9.69 Å². The topological polar surface area (TPSA) is 87.7 Å². The number of benzene rings is 1. The van der Waals surface area contributed by atoms with Crippen LogP contribution >= 0.6 is 0 Å². The van der Waals surface area contributed by atoms with Crippen LogP contribution in [0, 0.1) is 0 Å². The van der Waals surface area contributed by atoms with E-state index in [0.717, 1.165) is 12.0 Å². The molecule has 2 unspecified atom stereocenters. The van der Waals surface area contributed by atoms with Gasteiger partial charge in [0.15, 0.2) is 0 Å². The summed E-state index contributed by atoms with van der Waals surface area (Å²) in [4.78, 5) is 37.8. The van der Waals surface area contributed by atoms with Crippen molar-refractivity contribution in [2.75, 3.05) is 37.7 Å². The van der Waals surface area contributed by atoms with Crippen LogP contribution < -0.4 is 10.2 Å². The molecular weight excluding hydrogens is 418 g/mol. The van der Waals surface area contributed by atoms with Crippen LogP contribution in [0.25, 0.3) is 6.08 Å². The number of nitrogens with one attached hydrogen (secondary N) is 1. The number of carbonyl (C=O) groups is 2. The molecule has 1 amide bonds. The summed E-state index contributed by atoms with van der Waals surface area (Å²) in [7, 11) is 0. The first-order valence-corrected chi connectivity index (χ1v) is 11.5. The van der Waals surface area contributed by atoms with Crippen molar-refractivity contribution < 1.29 is 14.3 Å². The standard InChI is InChI=1S/C25H33N5O3/c1-4-19(3)28-23(31)22(12-11-20-9-7-6-8-10-20)29-13-15-30(16-14-29)25-26-17-21(18-27-25)24(32)33-5-2/h6-12,17-19,22H,4-5,13-16H2,1-3H3,(H,28,31)/b12-11+. The highest BCUT2D eigenvalue weighted by Crippen LogP contribution is 2.15. The SMILES string of the molecule is CCOC(=O)c1cnc(N2CCN(C(/C=C/c3ccccc3)C(=O)NC(C)CC)CC2)nc1. The van der Waals surface area contributed by atoms with Crippen molar-refractivity contribution in [1.29, 1.82) is 0 Å². The Hall–Kier alpha value is -3.26. The number of anilines is 1. The van der Waals surface area contributed by atoms with Gasteiger partial charge in [-0.1, -0.05) is 49.4 Å². The lowest BCUT2D eigenvalue weighted by Crippen LogP contribution is -2.55. The summed E-state index contributed by atoms with van der Waals surface area (Å²) in [6, 6.07) is 9.77. The van der Waals surface area contributed by atoms with E-state index in [0.29, 0.717) is 44.3 Å². The number of rotatable bonds is 9. The Balaban J connectivity index is 1.66. The molecule has 1 aromatic carbocycles. The molecule has 1 aromatic heterocycles. The fourth-order valence-electron chi connectivity index (χ4n) is 3.58. The molecule has 176 valence electrons. The van der Waals surface area contributed by atoms with Crippen molar-refractivity contribution in [1.82, 2.24) is 20.2 Å². The molecule has 8 heteroatoms. The number of hydrogen-bond donors (Lipinski definition) is 1. The Morgan fingerprint density at radius 3 is 2.36 bits per heavy atom. The van der Waals surface area contributed by atoms with Crippen LogP contribution in [0.1, 0.15) is 43.1 Å². The molecule has 0 saturated carbocycles. The zero-order chi connectivity index (χ0) is 23.6. The van der Waals surface area contributed by atoms with E-state index in [1.54, 1.807) is 6.92 Å². The fraction of sp³-hybridized carbons (Fsp3) is 0.440. The zero-order valence-electron chi connectivity index (χ0n) is 19.6. The smallest absolute Gasteiger partial charge is 0.341 e. The third-order valence-electron chi connectivity index (χ3n) is 5.68. The maximum Gasteiger partial charge on any atom is 0.341 e. The quantitative estimate of drug-likeness (QED) is 0.587. The van der Waals surface area contributed by atoms with Gasteiger partial charge in [0.1, 0.15) is 6.04 Å². The van der Waals surface area contributed by atoms with E-state index >= 15 is 0 Å². The third kappa shape index (κ3) is 6.86. The van der Waals surface area contributed by atoms with E-state index in [9.17, 15) is 9.59 Å². The summed E-state index contributed by atoms with van der Waals surface area (Å²) in [6.07, 6.45) is 7.86. The molecule has 1 aliphatic heterocycles. The molecule has 2 aromatic rings. The minimum Gasteiger partial charge on any atom is -0.462 e. The van der Waals surface area contributed by atoms with E-state index in [1.807, 2.05) is 49.4 Å².